The van der Waals surface area contributed by atoms with E-state index >= 15 is 0 Å². The van der Waals surface area contributed by atoms with E-state index in [9.17, 15) is 0 Å². The van der Waals surface area contributed by atoms with Crippen LogP contribution in [0, 0.1) is 0 Å². The molecule has 0 saturated heterocycles. The maximum atomic E-state index is 6.02. The molecule has 2 heterocycles. The Morgan fingerprint density at radius 2 is 1.09 bits per heavy atom. The fourth-order valence-electron chi connectivity index (χ4n) is 4.93. The van der Waals surface area contributed by atoms with Crippen molar-refractivity contribution in [3.05, 3.63) is 114 Å². The average molecular weight is 488 g/mol. The predicted molar refractivity (Wildman–Crippen MR) is 141 cm³/mol. The van der Waals surface area contributed by atoms with E-state index in [4.69, 9.17) is 4.42 Å². The number of aromatic nitrogens is 1. The number of nitrogens with zero attached hydrogens (tertiary/aromatic N) is 1. The number of para-hydroxylation sites is 2. The van der Waals surface area contributed by atoms with Gasteiger partial charge in [0.1, 0.15) is 11.2 Å². The van der Waals surface area contributed by atoms with Crippen LogP contribution >= 0.6 is 15.9 Å². The molecule has 0 aliphatic carbocycles. The minimum absolute atomic E-state index is 0.909. The van der Waals surface area contributed by atoms with Gasteiger partial charge in [-0.1, -0.05) is 70.5 Å². The predicted octanol–water partition coefficient (Wildman–Crippen LogP) is 9.11. The second-order valence-electron chi connectivity index (χ2n) is 8.37. The zero-order valence-corrected chi connectivity index (χ0v) is 19.2. The molecule has 0 amide bonds. The topological polar surface area (TPSA) is 18.1 Å². The van der Waals surface area contributed by atoms with E-state index in [1.807, 2.05) is 12.1 Å². The molecule has 2 aromatic heterocycles. The lowest BCUT2D eigenvalue weighted by atomic mass is 10.0. The van der Waals surface area contributed by atoms with Gasteiger partial charge in [-0.3, -0.25) is 0 Å². The first-order valence-corrected chi connectivity index (χ1v) is 11.8. The molecular formula is C30H18BrNO. The van der Waals surface area contributed by atoms with Crippen LogP contribution in [0.5, 0.6) is 0 Å². The molecule has 0 saturated carbocycles. The van der Waals surface area contributed by atoms with Crippen LogP contribution in [0.25, 0.3) is 60.6 Å². The molecule has 0 N–H and O–H groups in total. The highest BCUT2D eigenvalue weighted by molar-refractivity contribution is 9.10. The Hall–Kier alpha value is -3.82. The minimum atomic E-state index is 0.909. The molecule has 0 spiro atoms. The lowest BCUT2D eigenvalue weighted by Crippen LogP contribution is -1.93. The fourth-order valence-corrected chi connectivity index (χ4v) is 5.29. The summed E-state index contributed by atoms with van der Waals surface area (Å²) in [6.45, 7) is 0. The van der Waals surface area contributed by atoms with Crippen molar-refractivity contribution in [2.45, 2.75) is 0 Å². The maximum Gasteiger partial charge on any atom is 0.135 e. The van der Waals surface area contributed by atoms with Crippen molar-refractivity contribution >= 4 is 59.7 Å². The normalized spacial score (nSPS) is 11.8. The highest BCUT2D eigenvalue weighted by atomic mass is 79.9. The van der Waals surface area contributed by atoms with Gasteiger partial charge in [0.15, 0.2) is 0 Å². The Morgan fingerprint density at radius 3 is 1.79 bits per heavy atom. The smallest absolute Gasteiger partial charge is 0.135 e. The number of fused-ring (bicyclic) bond motifs is 6. The van der Waals surface area contributed by atoms with Gasteiger partial charge in [-0.2, -0.15) is 0 Å². The third-order valence-corrected chi connectivity index (χ3v) is 6.96. The Kier molecular flexibility index (Phi) is 4.02. The average Bonchev–Trinajstić information content (AvgIpc) is 3.39. The summed E-state index contributed by atoms with van der Waals surface area (Å²) in [7, 11) is 0. The van der Waals surface area contributed by atoms with Crippen LogP contribution in [-0.4, -0.2) is 4.57 Å². The first-order chi connectivity index (χ1) is 16.3. The van der Waals surface area contributed by atoms with Gasteiger partial charge in [0.05, 0.1) is 11.0 Å². The second kappa shape index (κ2) is 7.09. The van der Waals surface area contributed by atoms with Crippen LogP contribution in [0.2, 0.25) is 0 Å². The van der Waals surface area contributed by atoms with E-state index in [0.29, 0.717) is 0 Å². The van der Waals surface area contributed by atoms with Crippen LogP contribution in [-0.2, 0) is 0 Å². The van der Waals surface area contributed by atoms with E-state index in [0.717, 1.165) is 32.1 Å². The molecule has 33 heavy (non-hydrogen) atoms. The quantitative estimate of drug-likeness (QED) is 0.237. The Morgan fingerprint density at radius 1 is 0.515 bits per heavy atom. The fraction of sp³-hybridized carbons (Fsp3) is 0. The van der Waals surface area contributed by atoms with Crippen LogP contribution < -0.4 is 0 Å². The zero-order chi connectivity index (χ0) is 21.9. The Balaban J connectivity index is 1.37. The van der Waals surface area contributed by atoms with Crippen molar-refractivity contribution in [3.8, 4) is 16.8 Å². The molecule has 3 heteroatoms. The monoisotopic (exact) mass is 487 g/mol. The molecule has 7 aromatic rings. The summed E-state index contributed by atoms with van der Waals surface area (Å²) in [6.07, 6.45) is 0. The molecule has 2 nitrogen and oxygen atoms in total. The van der Waals surface area contributed by atoms with Gasteiger partial charge >= 0.3 is 0 Å². The molecule has 0 fully saturated rings. The summed E-state index contributed by atoms with van der Waals surface area (Å²) < 4.78 is 9.42. The highest BCUT2D eigenvalue weighted by Gasteiger charge is 2.12. The third kappa shape index (κ3) is 2.86. The van der Waals surface area contributed by atoms with E-state index < -0.39 is 0 Å². The Bertz CT molecular complexity index is 1770. The van der Waals surface area contributed by atoms with Crippen molar-refractivity contribution in [2.75, 3.05) is 0 Å². The zero-order valence-electron chi connectivity index (χ0n) is 17.6. The van der Waals surface area contributed by atoms with Gasteiger partial charge < -0.3 is 8.98 Å². The van der Waals surface area contributed by atoms with Crippen molar-refractivity contribution in [1.29, 1.82) is 0 Å². The summed E-state index contributed by atoms with van der Waals surface area (Å²) >= 11 is 3.58. The number of furan rings is 1. The van der Waals surface area contributed by atoms with Gasteiger partial charge in [-0.05, 0) is 65.7 Å². The number of hydrogen-bond donors (Lipinski definition) is 0. The standard InChI is InChI=1S/C30H18BrNO/c31-21-12-16-30-26(18-21)25-17-20(11-15-29(25)33-30)19-9-13-22(14-10-19)32-27-7-3-1-5-23(27)24-6-2-4-8-28(24)32/h1-18H. The van der Waals surface area contributed by atoms with E-state index in [1.54, 1.807) is 0 Å². The summed E-state index contributed by atoms with van der Waals surface area (Å²) in [5, 5.41) is 4.82. The van der Waals surface area contributed by atoms with Gasteiger partial charge in [-0.25, -0.2) is 0 Å². The molecule has 0 aliphatic heterocycles. The largest absolute Gasteiger partial charge is 0.456 e. The highest BCUT2D eigenvalue weighted by Crippen LogP contribution is 2.35. The first kappa shape index (κ1) is 18.7. The van der Waals surface area contributed by atoms with Crippen molar-refractivity contribution in [2.24, 2.45) is 0 Å². The number of hydrogen-bond acceptors (Lipinski definition) is 1. The summed E-state index contributed by atoms with van der Waals surface area (Å²) in [4.78, 5) is 0. The lowest BCUT2D eigenvalue weighted by molar-refractivity contribution is 0.669. The van der Waals surface area contributed by atoms with Gasteiger partial charge in [0.2, 0.25) is 0 Å². The number of rotatable bonds is 2. The molecule has 0 aliphatic rings. The van der Waals surface area contributed by atoms with Crippen LogP contribution in [0.15, 0.2) is 118 Å². The number of benzene rings is 5. The minimum Gasteiger partial charge on any atom is -0.456 e. The molecule has 0 radical (unpaired) electrons. The Labute approximate surface area is 198 Å². The van der Waals surface area contributed by atoms with Gasteiger partial charge in [0.25, 0.3) is 0 Å². The second-order valence-corrected chi connectivity index (χ2v) is 9.29. The van der Waals surface area contributed by atoms with Crippen LogP contribution in [0.3, 0.4) is 0 Å². The lowest BCUT2D eigenvalue weighted by Gasteiger charge is -2.09. The molecule has 0 atom stereocenters. The first-order valence-electron chi connectivity index (χ1n) is 11.0. The molecule has 0 unspecified atom stereocenters. The van der Waals surface area contributed by atoms with Gasteiger partial charge in [0, 0.05) is 31.7 Å². The van der Waals surface area contributed by atoms with E-state index in [2.05, 4.69) is 118 Å². The SMILES string of the molecule is Brc1ccc2oc3ccc(-c4ccc(-n5c6ccccc6c6ccccc65)cc4)cc3c2c1. The molecule has 5 aromatic carbocycles. The van der Waals surface area contributed by atoms with Gasteiger partial charge in [-0.15, -0.1) is 0 Å². The van der Waals surface area contributed by atoms with Crippen molar-refractivity contribution in [1.82, 2.24) is 4.57 Å². The number of halogens is 1. The van der Waals surface area contributed by atoms with Crippen LogP contribution in [0.1, 0.15) is 0 Å². The molecule has 156 valence electrons. The summed E-state index contributed by atoms with van der Waals surface area (Å²) in [6, 6.07) is 38.6. The molecule has 7 rings (SSSR count). The molecule has 0 bridgehead atoms. The van der Waals surface area contributed by atoms with Crippen molar-refractivity contribution < 1.29 is 4.42 Å². The summed E-state index contributed by atoms with van der Waals surface area (Å²) in [5.74, 6) is 0. The third-order valence-electron chi connectivity index (χ3n) is 6.47. The summed E-state index contributed by atoms with van der Waals surface area (Å²) in [5.41, 5.74) is 7.80. The molecular weight excluding hydrogens is 470 g/mol. The van der Waals surface area contributed by atoms with Crippen molar-refractivity contribution in [3.63, 3.8) is 0 Å². The maximum absolute atomic E-state index is 6.02. The van der Waals surface area contributed by atoms with Crippen LogP contribution in [0.4, 0.5) is 0 Å². The van der Waals surface area contributed by atoms with E-state index in [1.165, 1.54) is 32.9 Å². The van der Waals surface area contributed by atoms with E-state index in [-0.39, 0.29) is 0 Å².